The topological polar surface area (TPSA) is 74.6 Å². The molecule has 8 nitrogen and oxygen atoms in total. The highest BCUT2D eigenvalue weighted by atomic mass is 16.2. The van der Waals surface area contributed by atoms with Crippen LogP contribution in [0.4, 0.5) is 11.9 Å². The number of hydrazine groups is 1. The van der Waals surface area contributed by atoms with Gasteiger partial charge in [0, 0.05) is 28.1 Å². The third-order valence-electron chi connectivity index (χ3n) is 2.82. The molecule has 0 atom stereocenters. The fraction of sp³-hybridized carbons (Fsp3) is 0.600. The molecule has 0 radical (unpaired) electrons. The van der Waals surface area contributed by atoms with Crippen molar-refractivity contribution >= 4 is 17.8 Å². The monoisotopic (exact) mass is 252 g/mol. The number of hydrogen-bond donors (Lipinski definition) is 0. The normalized spacial score (nSPS) is 14.4. The first-order valence-electron chi connectivity index (χ1n) is 5.59. The van der Waals surface area contributed by atoms with Crippen molar-refractivity contribution in [3.05, 3.63) is 10.5 Å². The van der Waals surface area contributed by atoms with E-state index in [-0.39, 0.29) is 11.6 Å². The van der Waals surface area contributed by atoms with Crippen LogP contribution in [0.5, 0.6) is 0 Å². The molecule has 1 aliphatic heterocycles. The van der Waals surface area contributed by atoms with E-state index in [4.69, 9.17) is 0 Å². The molecule has 98 valence electrons. The number of rotatable bonds is 1. The first-order chi connectivity index (χ1) is 8.41. The summed E-state index contributed by atoms with van der Waals surface area (Å²) in [5, 5.41) is 3.13. The second-order valence-electron chi connectivity index (χ2n) is 4.32. The van der Waals surface area contributed by atoms with Crippen LogP contribution in [0.25, 0.3) is 0 Å². The summed E-state index contributed by atoms with van der Waals surface area (Å²) in [5.74, 6) is 0.685. The van der Waals surface area contributed by atoms with Crippen LogP contribution in [-0.2, 0) is 11.3 Å². The van der Waals surface area contributed by atoms with Crippen molar-refractivity contribution in [2.45, 2.75) is 13.5 Å². The van der Waals surface area contributed by atoms with Crippen LogP contribution in [0.15, 0.2) is 4.79 Å². The summed E-state index contributed by atoms with van der Waals surface area (Å²) >= 11 is 0. The van der Waals surface area contributed by atoms with Gasteiger partial charge in [0.05, 0.1) is 13.1 Å². The first kappa shape index (κ1) is 12.3. The number of aromatic nitrogens is 3. The number of nitrogens with zero attached hydrogens (tertiary/aromatic N) is 6. The SMILES string of the molecule is CC(=O)N1CCn2c(nc(N(C)C)nc2=O)N1C. The molecule has 2 rings (SSSR count). The van der Waals surface area contributed by atoms with Gasteiger partial charge in [-0.3, -0.25) is 19.4 Å². The summed E-state index contributed by atoms with van der Waals surface area (Å²) < 4.78 is 1.46. The largest absolute Gasteiger partial charge is 0.353 e. The molecule has 1 aromatic rings. The molecule has 1 aliphatic rings. The second kappa shape index (κ2) is 4.28. The Balaban J connectivity index is 2.52. The summed E-state index contributed by atoms with van der Waals surface area (Å²) in [6, 6.07) is 0. The Morgan fingerprint density at radius 2 is 1.94 bits per heavy atom. The molecule has 1 aromatic heterocycles. The van der Waals surface area contributed by atoms with E-state index in [0.717, 1.165) is 0 Å². The number of amides is 1. The molecule has 0 aliphatic carbocycles. The Morgan fingerprint density at radius 1 is 1.28 bits per heavy atom. The van der Waals surface area contributed by atoms with Gasteiger partial charge in [0.15, 0.2) is 0 Å². The van der Waals surface area contributed by atoms with Crippen LogP contribution >= 0.6 is 0 Å². The number of hydrogen-bond acceptors (Lipinski definition) is 6. The smallest absolute Gasteiger partial charge is 0.347 e. The molecule has 0 spiro atoms. The molecule has 0 N–H and O–H groups in total. The number of anilines is 2. The van der Waals surface area contributed by atoms with E-state index in [2.05, 4.69) is 9.97 Å². The van der Waals surface area contributed by atoms with E-state index >= 15 is 0 Å². The van der Waals surface area contributed by atoms with E-state index in [9.17, 15) is 9.59 Å². The van der Waals surface area contributed by atoms with E-state index in [0.29, 0.717) is 25.0 Å². The summed E-state index contributed by atoms with van der Waals surface area (Å²) in [7, 11) is 5.23. The van der Waals surface area contributed by atoms with E-state index in [1.165, 1.54) is 11.5 Å². The van der Waals surface area contributed by atoms with Crippen molar-refractivity contribution in [3.8, 4) is 0 Å². The van der Waals surface area contributed by atoms with Crippen LogP contribution in [0.1, 0.15) is 6.92 Å². The highest BCUT2D eigenvalue weighted by Crippen LogP contribution is 2.17. The van der Waals surface area contributed by atoms with Gasteiger partial charge >= 0.3 is 5.69 Å². The second-order valence-corrected chi connectivity index (χ2v) is 4.32. The molecule has 2 heterocycles. The fourth-order valence-corrected chi connectivity index (χ4v) is 1.87. The quantitative estimate of drug-likeness (QED) is 0.633. The Bertz CT molecular complexity index is 538. The Morgan fingerprint density at radius 3 is 2.50 bits per heavy atom. The third kappa shape index (κ3) is 1.89. The lowest BCUT2D eigenvalue weighted by Crippen LogP contribution is -2.52. The van der Waals surface area contributed by atoms with Gasteiger partial charge in [-0.05, 0) is 0 Å². The van der Waals surface area contributed by atoms with Crippen LogP contribution in [0.3, 0.4) is 0 Å². The zero-order chi connectivity index (χ0) is 13.4. The molecule has 0 saturated carbocycles. The van der Waals surface area contributed by atoms with Crippen molar-refractivity contribution in [2.75, 3.05) is 37.6 Å². The molecule has 0 unspecified atom stereocenters. The van der Waals surface area contributed by atoms with Crippen molar-refractivity contribution in [2.24, 2.45) is 0 Å². The van der Waals surface area contributed by atoms with E-state index in [1.54, 1.807) is 36.1 Å². The van der Waals surface area contributed by atoms with Crippen LogP contribution in [0, 0.1) is 0 Å². The highest BCUT2D eigenvalue weighted by molar-refractivity contribution is 5.75. The minimum Gasteiger partial charge on any atom is -0.347 e. The maximum Gasteiger partial charge on any atom is 0.353 e. The fourth-order valence-electron chi connectivity index (χ4n) is 1.87. The molecule has 1 amide bonds. The predicted octanol–water partition coefficient (Wildman–Crippen LogP) is -1.08. The van der Waals surface area contributed by atoms with Crippen LogP contribution in [-0.4, -0.2) is 53.1 Å². The molecular weight excluding hydrogens is 236 g/mol. The predicted molar refractivity (Wildman–Crippen MR) is 66.4 cm³/mol. The zero-order valence-electron chi connectivity index (χ0n) is 10.9. The first-order valence-corrected chi connectivity index (χ1v) is 5.59. The average Bonchev–Trinajstić information content (AvgIpc) is 2.29. The third-order valence-corrected chi connectivity index (χ3v) is 2.82. The lowest BCUT2D eigenvalue weighted by Gasteiger charge is -2.37. The molecule has 8 heteroatoms. The van der Waals surface area contributed by atoms with Crippen molar-refractivity contribution in [3.63, 3.8) is 0 Å². The Hall–Kier alpha value is -2.12. The van der Waals surface area contributed by atoms with Crippen molar-refractivity contribution < 1.29 is 4.79 Å². The zero-order valence-corrected chi connectivity index (χ0v) is 10.9. The van der Waals surface area contributed by atoms with Gasteiger partial charge in [-0.15, -0.1) is 0 Å². The maximum atomic E-state index is 11.9. The van der Waals surface area contributed by atoms with Gasteiger partial charge in [-0.25, -0.2) is 4.79 Å². The van der Waals surface area contributed by atoms with E-state index < -0.39 is 0 Å². The van der Waals surface area contributed by atoms with Gasteiger partial charge < -0.3 is 4.90 Å². The van der Waals surface area contributed by atoms with Gasteiger partial charge in [0.1, 0.15) is 0 Å². The summed E-state index contributed by atoms with van der Waals surface area (Å²) in [6.07, 6.45) is 0. The Labute approximate surface area is 104 Å². The van der Waals surface area contributed by atoms with Gasteiger partial charge in [0.2, 0.25) is 17.8 Å². The number of carbonyl (C=O) groups excluding carboxylic acids is 1. The molecule has 18 heavy (non-hydrogen) atoms. The number of fused-ring (bicyclic) bond motifs is 1. The standard InChI is InChI=1S/C10H16N6O2/c1-7(17)16-6-5-15-9(14(16)4)11-8(13(2)3)12-10(15)18/h5-6H2,1-4H3. The summed E-state index contributed by atoms with van der Waals surface area (Å²) in [4.78, 5) is 33.2. The van der Waals surface area contributed by atoms with Crippen molar-refractivity contribution in [1.82, 2.24) is 19.5 Å². The molecule has 0 aromatic carbocycles. The molecule has 0 saturated heterocycles. The van der Waals surface area contributed by atoms with Crippen LogP contribution in [0.2, 0.25) is 0 Å². The molecular formula is C10H16N6O2. The van der Waals surface area contributed by atoms with E-state index in [1.807, 2.05) is 0 Å². The highest BCUT2D eigenvalue weighted by Gasteiger charge is 2.26. The lowest BCUT2D eigenvalue weighted by atomic mass is 10.4. The van der Waals surface area contributed by atoms with Gasteiger partial charge in [-0.1, -0.05) is 0 Å². The van der Waals surface area contributed by atoms with Gasteiger partial charge in [0.25, 0.3) is 0 Å². The molecule has 0 fully saturated rings. The molecule has 0 bridgehead atoms. The number of carbonyl (C=O) groups is 1. The van der Waals surface area contributed by atoms with Crippen molar-refractivity contribution in [1.29, 1.82) is 0 Å². The lowest BCUT2D eigenvalue weighted by molar-refractivity contribution is -0.130. The minimum absolute atomic E-state index is 0.0822. The summed E-state index contributed by atoms with van der Waals surface area (Å²) in [6.45, 7) is 2.34. The minimum atomic E-state index is -0.348. The van der Waals surface area contributed by atoms with Crippen LogP contribution < -0.4 is 15.6 Å². The average molecular weight is 252 g/mol. The summed E-state index contributed by atoms with van der Waals surface area (Å²) in [5.41, 5.74) is -0.348. The maximum absolute atomic E-state index is 11.9. The Kier molecular flexibility index (Phi) is 2.93. The van der Waals surface area contributed by atoms with Gasteiger partial charge in [-0.2, -0.15) is 9.97 Å².